The minimum absolute atomic E-state index is 0.255. The molecule has 0 bridgehead atoms. The Labute approximate surface area is 206 Å². The molecular formula is C28H50O6. The van der Waals surface area contributed by atoms with E-state index in [1.54, 1.807) is 27.7 Å². The lowest BCUT2D eigenvalue weighted by molar-refractivity contribution is -0.148. The Bertz CT molecular complexity index is 601. The number of aliphatic carboxylic acids is 2. The molecule has 6 heteroatoms. The van der Waals surface area contributed by atoms with Crippen molar-refractivity contribution in [3.8, 4) is 0 Å². The van der Waals surface area contributed by atoms with Gasteiger partial charge >= 0.3 is 11.9 Å². The molecular weight excluding hydrogens is 432 g/mol. The number of aliphatic hydroxyl groups excluding tert-OH is 2. The third kappa shape index (κ3) is 8.22. The quantitative estimate of drug-likeness (QED) is 0.260. The Balaban J connectivity index is 1.78. The Hall–Kier alpha value is -1.14. The van der Waals surface area contributed by atoms with Gasteiger partial charge in [0.25, 0.3) is 0 Å². The summed E-state index contributed by atoms with van der Waals surface area (Å²) in [5, 5.41) is 40.7. The predicted octanol–water partition coefficient (Wildman–Crippen LogP) is 5.88. The molecule has 0 amide bonds. The van der Waals surface area contributed by atoms with Crippen LogP contribution < -0.4 is 0 Å². The maximum atomic E-state index is 11.3. The highest BCUT2D eigenvalue weighted by Gasteiger charge is 2.36. The molecule has 0 aromatic heterocycles. The molecule has 6 nitrogen and oxygen atoms in total. The van der Waals surface area contributed by atoms with Gasteiger partial charge in [0.2, 0.25) is 0 Å². The second-order valence-electron chi connectivity index (χ2n) is 12.6. The summed E-state index contributed by atoms with van der Waals surface area (Å²) in [6, 6.07) is 0. The van der Waals surface area contributed by atoms with E-state index in [-0.39, 0.29) is 35.9 Å². The second-order valence-corrected chi connectivity index (χ2v) is 12.6. The Morgan fingerprint density at radius 3 is 1.21 bits per heavy atom. The average Bonchev–Trinajstić information content (AvgIpc) is 2.75. The van der Waals surface area contributed by atoms with Crippen LogP contribution in [0.2, 0.25) is 0 Å². The van der Waals surface area contributed by atoms with Gasteiger partial charge in [0, 0.05) is 0 Å². The van der Waals surface area contributed by atoms with Gasteiger partial charge in [0.15, 0.2) is 0 Å². The van der Waals surface area contributed by atoms with Crippen molar-refractivity contribution in [3.63, 3.8) is 0 Å². The van der Waals surface area contributed by atoms with E-state index in [4.69, 9.17) is 0 Å². The van der Waals surface area contributed by atoms with Crippen LogP contribution in [0, 0.1) is 34.5 Å². The van der Waals surface area contributed by atoms with Gasteiger partial charge in [-0.1, -0.05) is 25.7 Å². The van der Waals surface area contributed by atoms with Crippen LogP contribution in [0.4, 0.5) is 0 Å². The molecule has 198 valence electrons. The van der Waals surface area contributed by atoms with Crippen LogP contribution in [-0.4, -0.2) is 44.6 Å². The molecule has 4 N–H and O–H groups in total. The fourth-order valence-electron chi connectivity index (χ4n) is 6.25. The Kier molecular flexibility index (Phi) is 10.9. The van der Waals surface area contributed by atoms with Crippen molar-refractivity contribution in [1.82, 2.24) is 0 Å². The maximum Gasteiger partial charge on any atom is 0.309 e. The highest BCUT2D eigenvalue weighted by molar-refractivity contribution is 5.73. The zero-order valence-corrected chi connectivity index (χ0v) is 22.0. The lowest BCUT2D eigenvalue weighted by Gasteiger charge is -2.39. The van der Waals surface area contributed by atoms with Gasteiger partial charge in [-0.15, -0.1) is 0 Å². The van der Waals surface area contributed by atoms with Crippen molar-refractivity contribution in [2.24, 2.45) is 34.5 Å². The van der Waals surface area contributed by atoms with Gasteiger partial charge in [-0.05, 0) is 116 Å². The number of hydrogen-bond acceptors (Lipinski definition) is 4. The molecule has 0 aromatic carbocycles. The third-order valence-corrected chi connectivity index (χ3v) is 9.05. The van der Waals surface area contributed by atoms with Gasteiger partial charge in [-0.2, -0.15) is 0 Å². The first kappa shape index (κ1) is 29.1. The van der Waals surface area contributed by atoms with Crippen LogP contribution in [0.15, 0.2) is 0 Å². The maximum absolute atomic E-state index is 11.3. The minimum Gasteiger partial charge on any atom is -0.481 e. The van der Waals surface area contributed by atoms with Crippen LogP contribution in [0.3, 0.4) is 0 Å². The standard InChI is InChI=1S/C28H50O6/c1-27(2,25(31)32)17-7-13-19-9-5-11-21(23(19)29)15-16-22-12-6-10-20(24(22)30)14-8-18-28(3,4)26(33)34/h19-24,29-30H,5-18H2,1-4H3,(H,31,32)(H,33,34). The summed E-state index contributed by atoms with van der Waals surface area (Å²) in [6.07, 6.45) is 12.3. The van der Waals surface area contributed by atoms with Gasteiger partial charge in [0.1, 0.15) is 0 Å². The van der Waals surface area contributed by atoms with E-state index < -0.39 is 22.8 Å². The van der Waals surface area contributed by atoms with Crippen molar-refractivity contribution in [1.29, 1.82) is 0 Å². The first-order valence-corrected chi connectivity index (χ1v) is 13.7. The number of carbonyl (C=O) groups is 2. The zero-order chi connectivity index (χ0) is 25.5. The highest BCUT2D eigenvalue weighted by Crippen LogP contribution is 2.40. The van der Waals surface area contributed by atoms with Crippen molar-refractivity contribution >= 4 is 11.9 Å². The van der Waals surface area contributed by atoms with Gasteiger partial charge < -0.3 is 20.4 Å². The summed E-state index contributed by atoms with van der Waals surface area (Å²) in [5.74, 6) is -0.464. The zero-order valence-electron chi connectivity index (χ0n) is 22.0. The van der Waals surface area contributed by atoms with Gasteiger partial charge in [-0.3, -0.25) is 9.59 Å². The molecule has 0 spiro atoms. The summed E-state index contributed by atoms with van der Waals surface area (Å²) in [5.41, 5.74) is -1.42. The van der Waals surface area contributed by atoms with Gasteiger partial charge in [-0.25, -0.2) is 0 Å². The summed E-state index contributed by atoms with van der Waals surface area (Å²) < 4.78 is 0. The second kappa shape index (κ2) is 12.7. The number of carboxylic acid groups (broad SMARTS) is 2. The summed E-state index contributed by atoms with van der Waals surface area (Å²) >= 11 is 0. The smallest absolute Gasteiger partial charge is 0.309 e. The number of carboxylic acids is 2. The fraction of sp³-hybridized carbons (Fsp3) is 0.929. The largest absolute Gasteiger partial charge is 0.481 e. The van der Waals surface area contributed by atoms with Crippen molar-refractivity contribution in [2.45, 2.75) is 130 Å². The molecule has 0 heterocycles. The number of rotatable bonds is 13. The topological polar surface area (TPSA) is 115 Å². The fourth-order valence-corrected chi connectivity index (χ4v) is 6.25. The number of aliphatic hydroxyl groups is 2. The SMILES string of the molecule is CC(C)(CCCC1CCCC(CCC2CCCC(CCCC(C)(C)C(=O)O)C2O)C1O)C(=O)O. The van der Waals surface area contributed by atoms with Crippen LogP contribution >= 0.6 is 0 Å². The molecule has 2 fully saturated rings. The van der Waals surface area contributed by atoms with E-state index in [2.05, 4.69) is 0 Å². The first-order valence-electron chi connectivity index (χ1n) is 13.7. The van der Waals surface area contributed by atoms with Crippen molar-refractivity contribution < 1.29 is 30.0 Å². The average molecular weight is 483 g/mol. The monoisotopic (exact) mass is 482 g/mol. The molecule has 0 aromatic rings. The van der Waals surface area contributed by atoms with E-state index in [1.165, 1.54) is 0 Å². The predicted molar refractivity (Wildman–Crippen MR) is 133 cm³/mol. The molecule has 34 heavy (non-hydrogen) atoms. The van der Waals surface area contributed by atoms with Crippen LogP contribution in [-0.2, 0) is 9.59 Å². The van der Waals surface area contributed by atoms with E-state index in [0.717, 1.165) is 77.0 Å². The molecule has 2 aliphatic carbocycles. The minimum atomic E-state index is -0.760. The van der Waals surface area contributed by atoms with Crippen LogP contribution in [0.25, 0.3) is 0 Å². The molecule has 2 saturated carbocycles. The van der Waals surface area contributed by atoms with Gasteiger partial charge in [0.05, 0.1) is 23.0 Å². The Morgan fingerprint density at radius 1 is 0.618 bits per heavy atom. The van der Waals surface area contributed by atoms with E-state index in [1.807, 2.05) is 0 Å². The molecule has 0 radical (unpaired) electrons. The van der Waals surface area contributed by atoms with Crippen molar-refractivity contribution in [3.05, 3.63) is 0 Å². The third-order valence-electron chi connectivity index (χ3n) is 9.05. The van der Waals surface area contributed by atoms with Crippen LogP contribution in [0.1, 0.15) is 118 Å². The molecule has 6 unspecified atom stereocenters. The molecule has 6 atom stereocenters. The van der Waals surface area contributed by atoms with Crippen molar-refractivity contribution in [2.75, 3.05) is 0 Å². The Morgan fingerprint density at radius 2 is 0.912 bits per heavy atom. The summed E-state index contributed by atoms with van der Waals surface area (Å²) in [7, 11) is 0. The number of hydrogen-bond donors (Lipinski definition) is 4. The normalized spacial score (nSPS) is 30.8. The lowest BCUT2D eigenvalue weighted by Crippen LogP contribution is -2.37. The summed E-state index contributed by atoms with van der Waals surface area (Å²) in [4.78, 5) is 22.7. The molecule has 2 rings (SSSR count). The molecule has 2 aliphatic rings. The first-order chi connectivity index (χ1) is 15.8. The molecule has 0 aliphatic heterocycles. The van der Waals surface area contributed by atoms with E-state index in [9.17, 15) is 30.0 Å². The molecule has 0 saturated heterocycles. The highest BCUT2D eigenvalue weighted by atomic mass is 16.4. The van der Waals surface area contributed by atoms with E-state index in [0.29, 0.717) is 12.8 Å². The van der Waals surface area contributed by atoms with E-state index >= 15 is 0 Å². The summed E-state index contributed by atoms with van der Waals surface area (Å²) in [6.45, 7) is 7.08. The van der Waals surface area contributed by atoms with Crippen LogP contribution in [0.5, 0.6) is 0 Å². The lowest BCUT2D eigenvalue weighted by atomic mass is 9.70.